The summed E-state index contributed by atoms with van der Waals surface area (Å²) in [5, 5.41) is 3.77. The van der Waals surface area contributed by atoms with E-state index >= 15 is 0 Å². The average Bonchev–Trinajstić information content (AvgIpc) is 2.79. The predicted octanol–water partition coefficient (Wildman–Crippen LogP) is 4.11. The Labute approximate surface area is 129 Å². The molecule has 1 atom stereocenters. The SMILES string of the molecule is C[C@H](NCCc1ccc2c(c1)CCO2)C1CCCCCC1. The molecule has 1 saturated carbocycles. The Kier molecular flexibility index (Phi) is 5.18. The number of benzene rings is 1. The number of hydrogen-bond donors (Lipinski definition) is 1. The number of nitrogens with one attached hydrogen (secondary N) is 1. The topological polar surface area (TPSA) is 21.3 Å². The molecule has 116 valence electrons. The molecule has 3 rings (SSSR count). The standard InChI is InChI=1S/C19H29NO/c1-15(17-6-4-2-3-5-7-17)20-12-10-16-8-9-19-18(14-16)11-13-21-19/h8-9,14-15,17,20H,2-7,10-13H2,1H3/t15-/m0/s1. The van der Waals surface area contributed by atoms with E-state index in [-0.39, 0.29) is 0 Å². The summed E-state index contributed by atoms with van der Waals surface area (Å²) in [5.74, 6) is 1.99. The minimum Gasteiger partial charge on any atom is -0.493 e. The Hall–Kier alpha value is -1.02. The van der Waals surface area contributed by atoms with Crippen molar-refractivity contribution >= 4 is 0 Å². The molecule has 0 unspecified atom stereocenters. The lowest BCUT2D eigenvalue weighted by Crippen LogP contribution is -2.34. The Morgan fingerprint density at radius 1 is 1.19 bits per heavy atom. The Balaban J connectivity index is 1.44. The Morgan fingerprint density at radius 3 is 2.81 bits per heavy atom. The molecule has 1 fully saturated rings. The van der Waals surface area contributed by atoms with Gasteiger partial charge in [-0.25, -0.2) is 0 Å². The second-order valence-corrected chi connectivity index (χ2v) is 6.78. The second kappa shape index (κ2) is 7.31. The van der Waals surface area contributed by atoms with Crippen LogP contribution in [0.5, 0.6) is 5.75 Å². The normalized spacial score (nSPS) is 20.6. The first-order valence-electron chi connectivity index (χ1n) is 8.81. The summed E-state index contributed by atoms with van der Waals surface area (Å²) in [6.45, 7) is 4.33. The fourth-order valence-electron chi connectivity index (χ4n) is 3.82. The van der Waals surface area contributed by atoms with Crippen LogP contribution in [-0.2, 0) is 12.8 Å². The predicted molar refractivity (Wildman–Crippen MR) is 88.0 cm³/mol. The summed E-state index contributed by atoms with van der Waals surface area (Å²) >= 11 is 0. The fourth-order valence-corrected chi connectivity index (χ4v) is 3.82. The summed E-state index contributed by atoms with van der Waals surface area (Å²) in [6.07, 6.45) is 10.8. The molecular weight excluding hydrogens is 258 g/mol. The van der Waals surface area contributed by atoms with Gasteiger partial charge in [0.05, 0.1) is 6.61 Å². The summed E-state index contributed by atoms with van der Waals surface area (Å²) in [6, 6.07) is 7.37. The van der Waals surface area contributed by atoms with Crippen molar-refractivity contribution in [2.75, 3.05) is 13.2 Å². The molecule has 2 nitrogen and oxygen atoms in total. The molecule has 1 aliphatic heterocycles. The van der Waals surface area contributed by atoms with Gasteiger partial charge >= 0.3 is 0 Å². The van der Waals surface area contributed by atoms with E-state index in [2.05, 4.69) is 30.4 Å². The van der Waals surface area contributed by atoms with Crippen LogP contribution >= 0.6 is 0 Å². The van der Waals surface area contributed by atoms with Crippen LogP contribution in [0.1, 0.15) is 56.6 Å². The van der Waals surface area contributed by atoms with Crippen molar-refractivity contribution in [3.05, 3.63) is 29.3 Å². The van der Waals surface area contributed by atoms with Gasteiger partial charge in [0.15, 0.2) is 0 Å². The van der Waals surface area contributed by atoms with Gasteiger partial charge in [-0.2, -0.15) is 0 Å². The van der Waals surface area contributed by atoms with Gasteiger partial charge in [0, 0.05) is 12.5 Å². The number of hydrogen-bond acceptors (Lipinski definition) is 2. The minimum absolute atomic E-state index is 0.667. The lowest BCUT2D eigenvalue weighted by atomic mass is 9.93. The Bertz CT molecular complexity index is 449. The summed E-state index contributed by atoms with van der Waals surface area (Å²) in [5.41, 5.74) is 2.84. The van der Waals surface area contributed by atoms with Crippen LogP contribution in [0.15, 0.2) is 18.2 Å². The van der Waals surface area contributed by atoms with Crippen molar-refractivity contribution in [3.8, 4) is 5.75 Å². The second-order valence-electron chi connectivity index (χ2n) is 6.78. The van der Waals surface area contributed by atoms with Crippen LogP contribution in [-0.4, -0.2) is 19.2 Å². The van der Waals surface area contributed by atoms with Crippen molar-refractivity contribution in [1.29, 1.82) is 0 Å². The molecule has 2 aliphatic rings. The van der Waals surface area contributed by atoms with E-state index in [1.54, 1.807) is 0 Å². The zero-order valence-corrected chi connectivity index (χ0v) is 13.4. The maximum atomic E-state index is 5.57. The van der Waals surface area contributed by atoms with Crippen LogP contribution in [0, 0.1) is 5.92 Å². The molecule has 1 aromatic carbocycles. The summed E-state index contributed by atoms with van der Waals surface area (Å²) < 4.78 is 5.57. The van der Waals surface area contributed by atoms with Crippen LogP contribution in [0.25, 0.3) is 0 Å². The fraction of sp³-hybridized carbons (Fsp3) is 0.684. The third-order valence-electron chi connectivity index (χ3n) is 5.24. The smallest absolute Gasteiger partial charge is 0.122 e. The van der Waals surface area contributed by atoms with Crippen LogP contribution in [0.4, 0.5) is 0 Å². The van der Waals surface area contributed by atoms with E-state index in [0.29, 0.717) is 6.04 Å². The van der Waals surface area contributed by atoms with Gasteiger partial charge in [0.1, 0.15) is 5.75 Å². The highest BCUT2D eigenvalue weighted by Gasteiger charge is 2.18. The van der Waals surface area contributed by atoms with E-state index in [1.807, 2.05) is 0 Å². The zero-order chi connectivity index (χ0) is 14.5. The molecule has 1 aromatic rings. The lowest BCUT2D eigenvalue weighted by molar-refractivity contribution is 0.339. The lowest BCUT2D eigenvalue weighted by Gasteiger charge is -2.23. The average molecular weight is 287 g/mol. The van der Waals surface area contributed by atoms with Gasteiger partial charge in [0.25, 0.3) is 0 Å². The van der Waals surface area contributed by atoms with E-state index in [4.69, 9.17) is 4.74 Å². The third kappa shape index (κ3) is 4.00. The maximum absolute atomic E-state index is 5.57. The van der Waals surface area contributed by atoms with E-state index in [1.165, 1.54) is 49.7 Å². The molecule has 0 amide bonds. The van der Waals surface area contributed by atoms with Gasteiger partial charge in [0.2, 0.25) is 0 Å². The highest BCUT2D eigenvalue weighted by Crippen LogP contribution is 2.27. The molecule has 1 N–H and O–H groups in total. The largest absolute Gasteiger partial charge is 0.493 e. The maximum Gasteiger partial charge on any atom is 0.122 e. The van der Waals surface area contributed by atoms with Crippen LogP contribution < -0.4 is 10.1 Å². The highest BCUT2D eigenvalue weighted by atomic mass is 16.5. The minimum atomic E-state index is 0.667. The molecule has 2 heteroatoms. The monoisotopic (exact) mass is 287 g/mol. The molecule has 21 heavy (non-hydrogen) atoms. The number of fused-ring (bicyclic) bond motifs is 1. The van der Waals surface area contributed by atoms with Crippen LogP contribution in [0.2, 0.25) is 0 Å². The van der Waals surface area contributed by atoms with Crippen molar-refractivity contribution < 1.29 is 4.74 Å². The number of rotatable bonds is 5. The molecule has 0 aromatic heterocycles. The van der Waals surface area contributed by atoms with E-state index in [9.17, 15) is 0 Å². The van der Waals surface area contributed by atoms with Crippen molar-refractivity contribution in [2.45, 2.75) is 64.3 Å². The van der Waals surface area contributed by atoms with Gasteiger partial charge in [-0.15, -0.1) is 0 Å². The number of ether oxygens (including phenoxy) is 1. The quantitative estimate of drug-likeness (QED) is 0.823. The highest BCUT2D eigenvalue weighted by molar-refractivity contribution is 5.39. The Morgan fingerprint density at radius 2 is 2.00 bits per heavy atom. The molecule has 0 radical (unpaired) electrons. The van der Waals surface area contributed by atoms with Crippen molar-refractivity contribution in [3.63, 3.8) is 0 Å². The summed E-state index contributed by atoms with van der Waals surface area (Å²) in [4.78, 5) is 0. The van der Waals surface area contributed by atoms with E-state index in [0.717, 1.165) is 37.7 Å². The van der Waals surface area contributed by atoms with Crippen LogP contribution in [0.3, 0.4) is 0 Å². The summed E-state index contributed by atoms with van der Waals surface area (Å²) in [7, 11) is 0. The zero-order valence-electron chi connectivity index (χ0n) is 13.4. The molecule has 0 spiro atoms. The molecule has 0 bridgehead atoms. The molecule has 1 heterocycles. The van der Waals surface area contributed by atoms with E-state index < -0.39 is 0 Å². The first-order valence-corrected chi connectivity index (χ1v) is 8.81. The van der Waals surface area contributed by atoms with Crippen molar-refractivity contribution in [2.24, 2.45) is 5.92 Å². The first-order chi connectivity index (χ1) is 10.3. The van der Waals surface area contributed by atoms with Gasteiger partial charge in [-0.05, 0) is 55.8 Å². The van der Waals surface area contributed by atoms with Gasteiger partial charge < -0.3 is 10.1 Å². The van der Waals surface area contributed by atoms with Crippen molar-refractivity contribution in [1.82, 2.24) is 5.32 Å². The molecular formula is C19H29NO. The van der Waals surface area contributed by atoms with Gasteiger partial charge in [-0.3, -0.25) is 0 Å². The third-order valence-corrected chi connectivity index (χ3v) is 5.24. The molecule has 1 aliphatic carbocycles. The molecule has 0 saturated heterocycles. The first kappa shape index (κ1) is 14.9. The van der Waals surface area contributed by atoms with Gasteiger partial charge in [-0.1, -0.05) is 37.8 Å².